The molecule has 0 spiro atoms. The molecule has 2 nitrogen and oxygen atoms in total. The van der Waals surface area contributed by atoms with Gasteiger partial charge in [-0.3, -0.25) is 4.90 Å². The molecule has 0 aliphatic carbocycles. The van der Waals surface area contributed by atoms with Gasteiger partial charge in [-0.25, -0.2) is 0 Å². The lowest BCUT2D eigenvalue weighted by atomic mass is 10.0. The van der Waals surface area contributed by atoms with Crippen molar-refractivity contribution >= 4 is 0 Å². The van der Waals surface area contributed by atoms with Crippen molar-refractivity contribution in [3.05, 3.63) is 59.9 Å². The van der Waals surface area contributed by atoms with E-state index in [0.717, 1.165) is 19.6 Å². The van der Waals surface area contributed by atoms with Crippen molar-refractivity contribution in [3.63, 3.8) is 0 Å². The van der Waals surface area contributed by atoms with Crippen molar-refractivity contribution in [2.45, 2.75) is 19.5 Å². The fourth-order valence-electron chi connectivity index (χ4n) is 2.79. The first-order valence-electron chi connectivity index (χ1n) is 6.34. The Kier molecular flexibility index (Phi) is 2.73. The first-order chi connectivity index (χ1) is 8.40. The van der Waals surface area contributed by atoms with Gasteiger partial charge in [0, 0.05) is 25.0 Å². The van der Waals surface area contributed by atoms with E-state index < -0.39 is 0 Å². The fourth-order valence-corrected chi connectivity index (χ4v) is 2.79. The molecule has 1 aromatic carbocycles. The van der Waals surface area contributed by atoms with Gasteiger partial charge in [-0.2, -0.15) is 0 Å². The second-order valence-electron chi connectivity index (χ2n) is 4.57. The van der Waals surface area contributed by atoms with Crippen molar-refractivity contribution in [1.82, 2.24) is 9.47 Å². The predicted molar refractivity (Wildman–Crippen MR) is 70.0 cm³/mol. The molecule has 0 saturated carbocycles. The molecule has 3 rings (SSSR count). The van der Waals surface area contributed by atoms with Gasteiger partial charge < -0.3 is 4.57 Å². The minimum Gasteiger partial charge on any atom is -0.348 e. The number of aromatic nitrogens is 1. The average Bonchev–Trinajstić information content (AvgIpc) is 2.86. The Morgan fingerprint density at radius 2 is 1.88 bits per heavy atom. The number of likely N-dealkylation sites (N-methyl/N-ethyl adjacent to an activating group) is 1. The molecule has 2 aromatic rings. The summed E-state index contributed by atoms with van der Waals surface area (Å²) in [5.74, 6) is 0. The molecule has 1 atom stereocenters. The number of hydrogen-bond donors (Lipinski definition) is 0. The zero-order valence-electron chi connectivity index (χ0n) is 10.2. The van der Waals surface area contributed by atoms with Crippen LogP contribution in [0.25, 0.3) is 0 Å². The second-order valence-corrected chi connectivity index (χ2v) is 4.57. The summed E-state index contributed by atoms with van der Waals surface area (Å²) in [6, 6.07) is 15.6. The van der Waals surface area contributed by atoms with Crippen LogP contribution in [0.2, 0.25) is 0 Å². The molecule has 0 bridgehead atoms. The molecule has 0 N–H and O–H groups in total. The van der Waals surface area contributed by atoms with Crippen molar-refractivity contribution in [2.75, 3.05) is 13.1 Å². The molecule has 0 saturated heterocycles. The van der Waals surface area contributed by atoms with Gasteiger partial charge in [0.25, 0.3) is 0 Å². The fraction of sp³-hybridized carbons (Fsp3) is 0.333. The molecule has 0 amide bonds. The van der Waals surface area contributed by atoms with Crippen LogP contribution in [0.3, 0.4) is 0 Å². The number of rotatable bonds is 2. The lowest BCUT2D eigenvalue weighted by Gasteiger charge is -2.36. The van der Waals surface area contributed by atoms with Gasteiger partial charge in [0.15, 0.2) is 0 Å². The van der Waals surface area contributed by atoms with Gasteiger partial charge in [0.2, 0.25) is 0 Å². The largest absolute Gasteiger partial charge is 0.348 e. The van der Waals surface area contributed by atoms with Crippen LogP contribution in [0.5, 0.6) is 0 Å². The molecule has 17 heavy (non-hydrogen) atoms. The lowest BCUT2D eigenvalue weighted by molar-refractivity contribution is 0.193. The summed E-state index contributed by atoms with van der Waals surface area (Å²) in [5, 5.41) is 0. The van der Waals surface area contributed by atoms with Crippen LogP contribution in [0, 0.1) is 0 Å². The van der Waals surface area contributed by atoms with Gasteiger partial charge in [-0.1, -0.05) is 37.3 Å². The summed E-state index contributed by atoms with van der Waals surface area (Å²) in [4.78, 5) is 2.55. The molecule has 88 valence electrons. The Bertz CT molecular complexity index is 487. The monoisotopic (exact) mass is 226 g/mol. The van der Waals surface area contributed by atoms with Crippen LogP contribution in [0.1, 0.15) is 24.2 Å². The molecule has 1 aliphatic heterocycles. The van der Waals surface area contributed by atoms with Crippen molar-refractivity contribution in [3.8, 4) is 0 Å². The molecule has 2 heterocycles. The Balaban J connectivity index is 2.06. The molecule has 1 unspecified atom stereocenters. The summed E-state index contributed by atoms with van der Waals surface area (Å²) in [5.41, 5.74) is 2.82. The molecular weight excluding hydrogens is 208 g/mol. The van der Waals surface area contributed by atoms with E-state index in [9.17, 15) is 0 Å². The predicted octanol–water partition coefficient (Wildman–Crippen LogP) is 2.91. The maximum absolute atomic E-state index is 2.55. The van der Waals surface area contributed by atoms with Crippen LogP contribution in [0.4, 0.5) is 0 Å². The highest BCUT2D eigenvalue weighted by atomic mass is 15.2. The van der Waals surface area contributed by atoms with Crippen LogP contribution in [-0.4, -0.2) is 22.6 Å². The maximum atomic E-state index is 2.55. The minimum absolute atomic E-state index is 0.421. The molecule has 1 aromatic heterocycles. The minimum atomic E-state index is 0.421. The highest BCUT2D eigenvalue weighted by Gasteiger charge is 2.27. The van der Waals surface area contributed by atoms with Gasteiger partial charge in [0.05, 0.1) is 6.04 Å². The van der Waals surface area contributed by atoms with Crippen LogP contribution in [-0.2, 0) is 6.54 Å². The van der Waals surface area contributed by atoms with Crippen molar-refractivity contribution in [1.29, 1.82) is 0 Å². The molecule has 0 radical (unpaired) electrons. The Morgan fingerprint density at radius 1 is 1.06 bits per heavy atom. The van der Waals surface area contributed by atoms with Crippen LogP contribution >= 0.6 is 0 Å². The third-order valence-electron chi connectivity index (χ3n) is 3.66. The van der Waals surface area contributed by atoms with E-state index in [1.165, 1.54) is 11.3 Å². The first kappa shape index (κ1) is 10.6. The maximum Gasteiger partial charge on any atom is 0.0756 e. The van der Waals surface area contributed by atoms with E-state index in [-0.39, 0.29) is 0 Å². The normalized spacial score (nSPS) is 20.2. The molecule has 0 fully saturated rings. The summed E-state index contributed by atoms with van der Waals surface area (Å²) in [7, 11) is 0. The average molecular weight is 226 g/mol. The summed E-state index contributed by atoms with van der Waals surface area (Å²) >= 11 is 0. The Morgan fingerprint density at radius 3 is 2.65 bits per heavy atom. The van der Waals surface area contributed by atoms with E-state index in [1.807, 2.05) is 0 Å². The van der Waals surface area contributed by atoms with Crippen molar-refractivity contribution < 1.29 is 0 Å². The topological polar surface area (TPSA) is 8.17 Å². The SMILES string of the molecule is CCN1CCn2cccc2C1c1ccccc1. The lowest BCUT2D eigenvalue weighted by Crippen LogP contribution is -2.38. The molecule has 1 aliphatic rings. The van der Waals surface area contributed by atoms with Crippen LogP contribution in [0.15, 0.2) is 48.7 Å². The highest BCUT2D eigenvalue weighted by Crippen LogP contribution is 2.31. The standard InChI is InChI=1S/C15H18N2/c1-2-16-11-12-17-10-6-9-14(17)15(16)13-7-4-3-5-8-13/h3-10,15H,2,11-12H2,1H3. The van der Waals surface area contributed by atoms with E-state index in [1.54, 1.807) is 0 Å². The van der Waals surface area contributed by atoms with Gasteiger partial charge in [-0.05, 0) is 24.2 Å². The van der Waals surface area contributed by atoms with E-state index in [4.69, 9.17) is 0 Å². The van der Waals surface area contributed by atoms with Gasteiger partial charge in [0.1, 0.15) is 0 Å². The summed E-state index contributed by atoms with van der Waals surface area (Å²) in [6.07, 6.45) is 2.19. The number of hydrogen-bond acceptors (Lipinski definition) is 1. The Hall–Kier alpha value is -1.54. The Labute approximate surface area is 102 Å². The summed E-state index contributed by atoms with van der Waals surface area (Å²) < 4.78 is 2.38. The van der Waals surface area contributed by atoms with Gasteiger partial charge >= 0.3 is 0 Å². The number of benzene rings is 1. The third-order valence-corrected chi connectivity index (χ3v) is 3.66. The van der Waals surface area contributed by atoms with E-state index in [0.29, 0.717) is 6.04 Å². The molecule has 2 heteroatoms. The zero-order valence-corrected chi connectivity index (χ0v) is 10.2. The van der Waals surface area contributed by atoms with Crippen LogP contribution < -0.4 is 0 Å². The number of nitrogens with zero attached hydrogens (tertiary/aromatic N) is 2. The number of fused-ring (bicyclic) bond motifs is 1. The third kappa shape index (κ3) is 1.79. The first-order valence-corrected chi connectivity index (χ1v) is 6.34. The smallest absolute Gasteiger partial charge is 0.0756 e. The highest BCUT2D eigenvalue weighted by molar-refractivity contribution is 5.30. The van der Waals surface area contributed by atoms with E-state index in [2.05, 4.69) is 65.1 Å². The zero-order chi connectivity index (χ0) is 11.7. The molecular formula is C15H18N2. The van der Waals surface area contributed by atoms with E-state index >= 15 is 0 Å². The summed E-state index contributed by atoms with van der Waals surface area (Å²) in [6.45, 7) is 5.59. The van der Waals surface area contributed by atoms with Gasteiger partial charge in [-0.15, -0.1) is 0 Å². The quantitative estimate of drug-likeness (QED) is 0.764. The van der Waals surface area contributed by atoms with Crippen molar-refractivity contribution in [2.24, 2.45) is 0 Å². The second kappa shape index (κ2) is 4.38.